The van der Waals surface area contributed by atoms with Crippen molar-refractivity contribution >= 4 is 11.9 Å². The van der Waals surface area contributed by atoms with Gasteiger partial charge in [0.2, 0.25) is 5.91 Å². The Bertz CT molecular complexity index is 748. The maximum Gasteiger partial charge on any atom is 0.223 e. The van der Waals surface area contributed by atoms with Gasteiger partial charge in [-0.05, 0) is 24.1 Å². The molecule has 0 bridgehead atoms. The van der Waals surface area contributed by atoms with Gasteiger partial charge in [0.15, 0.2) is 5.96 Å². The summed E-state index contributed by atoms with van der Waals surface area (Å²) in [5.74, 6) is 1.28. The highest BCUT2D eigenvalue weighted by Gasteiger charge is 2.29. The van der Waals surface area contributed by atoms with Crippen LogP contribution in [0, 0.1) is 5.92 Å². The number of amides is 1. The molecule has 2 heterocycles. The van der Waals surface area contributed by atoms with Gasteiger partial charge in [0.05, 0.1) is 12.2 Å². The van der Waals surface area contributed by atoms with Crippen molar-refractivity contribution in [2.24, 2.45) is 10.9 Å². The molecule has 1 unspecified atom stereocenters. The molecular weight excluding hydrogens is 338 g/mol. The number of pyridine rings is 1. The highest BCUT2D eigenvalue weighted by Crippen LogP contribution is 2.17. The largest absolute Gasteiger partial charge is 0.356 e. The van der Waals surface area contributed by atoms with Crippen LogP contribution in [-0.2, 0) is 17.8 Å². The number of benzene rings is 1. The Hall–Kier alpha value is -2.89. The zero-order valence-electron chi connectivity index (χ0n) is 15.8. The molecule has 6 heteroatoms. The van der Waals surface area contributed by atoms with Crippen molar-refractivity contribution in [1.29, 1.82) is 0 Å². The molecule has 1 amide bonds. The fourth-order valence-corrected chi connectivity index (χ4v) is 3.25. The van der Waals surface area contributed by atoms with Gasteiger partial charge in [0.1, 0.15) is 0 Å². The molecule has 1 atom stereocenters. The van der Waals surface area contributed by atoms with Gasteiger partial charge in [0.25, 0.3) is 0 Å². The smallest absolute Gasteiger partial charge is 0.223 e. The van der Waals surface area contributed by atoms with Crippen LogP contribution in [0.4, 0.5) is 0 Å². The number of carbonyl (C=O) groups excluding carboxylic acids is 1. The van der Waals surface area contributed by atoms with E-state index < -0.39 is 0 Å². The average molecular weight is 365 g/mol. The van der Waals surface area contributed by atoms with E-state index in [4.69, 9.17) is 0 Å². The molecule has 0 radical (unpaired) electrons. The number of aromatic nitrogens is 1. The molecule has 3 rings (SSSR count). The van der Waals surface area contributed by atoms with Gasteiger partial charge in [-0.15, -0.1) is 0 Å². The molecule has 142 valence electrons. The van der Waals surface area contributed by atoms with Crippen LogP contribution in [0.5, 0.6) is 0 Å². The summed E-state index contributed by atoms with van der Waals surface area (Å²) in [7, 11) is 1.75. The van der Waals surface area contributed by atoms with Crippen LogP contribution >= 0.6 is 0 Å². The third-order valence-corrected chi connectivity index (χ3v) is 4.75. The van der Waals surface area contributed by atoms with Crippen LogP contribution in [0.15, 0.2) is 59.7 Å². The van der Waals surface area contributed by atoms with Crippen molar-refractivity contribution in [3.8, 4) is 0 Å². The Morgan fingerprint density at radius 1 is 1.19 bits per heavy atom. The molecule has 0 saturated carbocycles. The van der Waals surface area contributed by atoms with Crippen molar-refractivity contribution in [2.75, 3.05) is 26.7 Å². The molecule has 27 heavy (non-hydrogen) atoms. The molecular formula is C21H27N5O. The summed E-state index contributed by atoms with van der Waals surface area (Å²) in [6.45, 7) is 2.94. The monoisotopic (exact) mass is 365 g/mol. The minimum Gasteiger partial charge on any atom is -0.356 e. The number of nitrogens with zero attached hydrogens (tertiary/aromatic N) is 3. The number of likely N-dealkylation sites (tertiary alicyclic amines) is 1. The highest BCUT2D eigenvalue weighted by atomic mass is 16.2. The van der Waals surface area contributed by atoms with E-state index in [1.165, 1.54) is 5.56 Å². The summed E-state index contributed by atoms with van der Waals surface area (Å²) < 4.78 is 0. The molecule has 1 aliphatic heterocycles. The fourth-order valence-electron chi connectivity index (χ4n) is 3.25. The lowest BCUT2D eigenvalue weighted by molar-refractivity contribution is -0.127. The molecule has 1 fully saturated rings. The third kappa shape index (κ3) is 5.81. The number of aliphatic imine (C=N–C) groups is 1. The van der Waals surface area contributed by atoms with Gasteiger partial charge in [0, 0.05) is 45.2 Å². The summed E-state index contributed by atoms with van der Waals surface area (Å²) in [6.07, 6.45) is 3.28. The van der Waals surface area contributed by atoms with Gasteiger partial charge in [-0.1, -0.05) is 36.4 Å². The fraction of sp³-hybridized carbons (Fsp3) is 0.381. The van der Waals surface area contributed by atoms with Gasteiger partial charge in [-0.3, -0.25) is 14.8 Å². The first-order valence-electron chi connectivity index (χ1n) is 9.40. The van der Waals surface area contributed by atoms with Gasteiger partial charge in [-0.25, -0.2) is 0 Å². The second-order valence-electron chi connectivity index (χ2n) is 6.77. The van der Waals surface area contributed by atoms with E-state index in [1.807, 2.05) is 41.3 Å². The van der Waals surface area contributed by atoms with Crippen LogP contribution < -0.4 is 10.6 Å². The quantitative estimate of drug-likeness (QED) is 0.580. The first-order valence-corrected chi connectivity index (χ1v) is 9.40. The second kappa shape index (κ2) is 9.71. The zero-order chi connectivity index (χ0) is 18.9. The molecule has 2 N–H and O–H groups in total. The number of rotatable bonds is 7. The molecule has 0 spiro atoms. The molecule has 1 aliphatic rings. The SMILES string of the molecule is CN=C(NCc1ccccn1)NCC1CC(=O)N(CCc2ccccc2)C1. The van der Waals surface area contributed by atoms with Crippen LogP contribution in [0.3, 0.4) is 0 Å². The second-order valence-corrected chi connectivity index (χ2v) is 6.77. The van der Waals surface area contributed by atoms with E-state index in [2.05, 4.69) is 32.7 Å². The maximum absolute atomic E-state index is 12.3. The van der Waals surface area contributed by atoms with Gasteiger partial charge in [-0.2, -0.15) is 0 Å². The summed E-state index contributed by atoms with van der Waals surface area (Å²) in [4.78, 5) is 22.8. The zero-order valence-corrected chi connectivity index (χ0v) is 15.8. The van der Waals surface area contributed by atoms with E-state index in [1.54, 1.807) is 13.2 Å². The Labute approximate surface area is 160 Å². The molecule has 1 aromatic carbocycles. The average Bonchev–Trinajstić information content (AvgIpc) is 3.07. The Balaban J connectivity index is 1.40. The van der Waals surface area contributed by atoms with Crippen LogP contribution in [0.25, 0.3) is 0 Å². The predicted octanol–water partition coefficient (Wildman–Crippen LogP) is 1.84. The van der Waals surface area contributed by atoms with E-state index in [9.17, 15) is 4.79 Å². The summed E-state index contributed by atoms with van der Waals surface area (Å²) in [6, 6.07) is 16.1. The molecule has 1 aromatic heterocycles. The summed E-state index contributed by atoms with van der Waals surface area (Å²) in [5, 5.41) is 6.59. The standard InChI is InChI=1S/C21H27N5O/c1-22-21(25-15-19-9-5-6-11-23-19)24-14-18-13-20(27)26(16-18)12-10-17-7-3-2-4-8-17/h2-9,11,18H,10,12-16H2,1H3,(H2,22,24,25). The first kappa shape index (κ1) is 18.9. The van der Waals surface area contributed by atoms with Crippen LogP contribution in [0.2, 0.25) is 0 Å². The number of carbonyl (C=O) groups is 1. The lowest BCUT2D eigenvalue weighted by Gasteiger charge is -2.18. The van der Waals surface area contributed by atoms with Gasteiger partial charge >= 0.3 is 0 Å². The Morgan fingerprint density at radius 3 is 2.74 bits per heavy atom. The Morgan fingerprint density at radius 2 is 2.00 bits per heavy atom. The minimum atomic E-state index is 0.245. The lowest BCUT2D eigenvalue weighted by atomic mass is 10.1. The number of guanidine groups is 1. The van der Waals surface area contributed by atoms with E-state index in [0.717, 1.165) is 37.7 Å². The van der Waals surface area contributed by atoms with Crippen molar-refractivity contribution in [1.82, 2.24) is 20.5 Å². The van der Waals surface area contributed by atoms with Crippen LogP contribution in [0.1, 0.15) is 17.7 Å². The lowest BCUT2D eigenvalue weighted by Crippen LogP contribution is -2.40. The number of hydrogen-bond donors (Lipinski definition) is 2. The molecule has 6 nitrogen and oxygen atoms in total. The van der Waals surface area contributed by atoms with E-state index in [-0.39, 0.29) is 5.91 Å². The summed E-state index contributed by atoms with van der Waals surface area (Å²) in [5.41, 5.74) is 2.23. The van der Waals surface area contributed by atoms with E-state index >= 15 is 0 Å². The Kier molecular flexibility index (Phi) is 6.79. The first-order chi connectivity index (χ1) is 13.2. The summed E-state index contributed by atoms with van der Waals surface area (Å²) >= 11 is 0. The predicted molar refractivity (Wildman–Crippen MR) is 107 cm³/mol. The number of hydrogen-bond acceptors (Lipinski definition) is 3. The van der Waals surface area contributed by atoms with Crippen molar-refractivity contribution < 1.29 is 4.79 Å². The normalized spacial score (nSPS) is 17.2. The van der Waals surface area contributed by atoms with Crippen molar-refractivity contribution in [3.05, 3.63) is 66.0 Å². The third-order valence-electron chi connectivity index (χ3n) is 4.75. The van der Waals surface area contributed by atoms with Crippen molar-refractivity contribution in [2.45, 2.75) is 19.4 Å². The van der Waals surface area contributed by atoms with Gasteiger partial charge < -0.3 is 15.5 Å². The molecule has 1 saturated heterocycles. The van der Waals surface area contributed by atoms with E-state index in [0.29, 0.717) is 18.9 Å². The topological polar surface area (TPSA) is 69.6 Å². The maximum atomic E-state index is 12.3. The molecule has 2 aromatic rings. The molecule has 0 aliphatic carbocycles. The van der Waals surface area contributed by atoms with Crippen molar-refractivity contribution in [3.63, 3.8) is 0 Å². The van der Waals surface area contributed by atoms with Crippen LogP contribution in [-0.4, -0.2) is 48.4 Å². The number of nitrogens with one attached hydrogen (secondary N) is 2. The highest BCUT2D eigenvalue weighted by molar-refractivity contribution is 5.80. The minimum absolute atomic E-state index is 0.245.